The highest BCUT2D eigenvalue weighted by Gasteiger charge is 2.29. The van der Waals surface area contributed by atoms with Crippen LogP contribution in [-0.2, 0) is 9.59 Å². The summed E-state index contributed by atoms with van der Waals surface area (Å²) in [6, 6.07) is 0. The Morgan fingerprint density at radius 2 is 1.06 bits per heavy atom. The summed E-state index contributed by atoms with van der Waals surface area (Å²) in [4.78, 5) is 20.2. The number of carbonyl (C=O) groups excluding carboxylic acids is 1. The number of carboxylic acids is 1. The van der Waals surface area contributed by atoms with Crippen LogP contribution < -0.4 is 0 Å². The molecule has 0 bridgehead atoms. The van der Waals surface area contributed by atoms with Gasteiger partial charge in [-0.1, -0.05) is 96.8 Å². The molecule has 0 heterocycles. The van der Waals surface area contributed by atoms with E-state index in [4.69, 9.17) is 30.6 Å². The summed E-state index contributed by atoms with van der Waals surface area (Å²) in [5.74, 6) is -0.653. The highest BCUT2D eigenvalue weighted by molar-refractivity contribution is 5.66. The molecule has 0 aliphatic rings. The van der Waals surface area contributed by atoms with Crippen molar-refractivity contribution in [3.05, 3.63) is 0 Å². The predicted octanol–water partition coefficient (Wildman–Crippen LogP) is 2.95. The van der Waals surface area contributed by atoms with Crippen LogP contribution >= 0.6 is 0 Å². The minimum atomic E-state index is -1.79. The molecule has 0 aromatic carbocycles. The number of carbonyl (C=O) groups is 2. The van der Waals surface area contributed by atoms with Gasteiger partial charge in [-0.2, -0.15) is 0 Å². The Labute approximate surface area is 193 Å². The topological polar surface area (TPSA) is 156 Å². The zero-order chi connectivity index (χ0) is 24.6. The van der Waals surface area contributed by atoms with E-state index in [9.17, 15) is 9.59 Å². The van der Waals surface area contributed by atoms with Crippen LogP contribution in [0.5, 0.6) is 0 Å². The highest BCUT2D eigenvalue weighted by Crippen LogP contribution is 2.13. The SMILES string of the molecule is CCCCCCCCCCCCCCCCCC(=O)O.O=CC(O)C(O)C(O)C(O)CO. The minimum absolute atomic E-state index is 0.0258. The van der Waals surface area contributed by atoms with Crippen molar-refractivity contribution >= 4 is 12.3 Å². The van der Waals surface area contributed by atoms with E-state index in [1.54, 1.807) is 0 Å². The fourth-order valence-corrected chi connectivity index (χ4v) is 3.27. The van der Waals surface area contributed by atoms with Gasteiger partial charge in [0.25, 0.3) is 0 Å². The number of aliphatic carboxylic acids is 1. The summed E-state index contributed by atoms with van der Waals surface area (Å²) in [6.07, 6.45) is 13.4. The zero-order valence-electron chi connectivity index (χ0n) is 19.9. The Balaban J connectivity index is 0. The van der Waals surface area contributed by atoms with Gasteiger partial charge in [0.05, 0.1) is 6.61 Å². The third-order valence-corrected chi connectivity index (χ3v) is 5.41. The van der Waals surface area contributed by atoms with Crippen LogP contribution in [0, 0.1) is 0 Å². The Hall–Kier alpha value is -1.06. The largest absolute Gasteiger partial charge is 0.481 e. The molecule has 4 atom stereocenters. The van der Waals surface area contributed by atoms with Crippen molar-refractivity contribution in [3.8, 4) is 0 Å². The molecule has 192 valence electrons. The fourth-order valence-electron chi connectivity index (χ4n) is 3.27. The molecule has 0 aromatic rings. The van der Waals surface area contributed by atoms with E-state index in [-0.39, 0.29) is 6.29 Å². The van der Waals surface area contributed by atoms with Gasteiger partial charge < -0.3 is 35.4 Å². The first-order valence-corrected chi connectivity index (χ1v) is 12.3. The molecule has 32 heavy (non-hydrogen) atoms. The quantitative estimate of drug-likeness (QED) is 0.112. The van der Waals surface area contributed by atoms with Gasteiger partial charge in [-0.25, -0.2) is 0 Å². The number of unbranched alkanes of at least 4 members (excludes halogenated alkanes) is 14. The van der Waals surface area contributed by atoms with Crippen molar-refractivity contribution < 1.29 is 40.2 Å². The summed E-state index contributed by atoms with van der Waals surface area (Å²) >= 11 is 0. The summed E-state index contributed by atoms with van der Waals surface area (Å²) in [5.41, 5.74) is 0. The van der Waals surface area contributed by atoms with E-state index in [1.807, 2.05) is 0 Å². The Kier molecular flexibility index (Phi) is 25.4. The maximum Gasteiger partial charge on any atom is 0.303 e. The molecular formula is C24H48O8. The van der Waals surface area contributed by atoms with Crippen LogP contribution in [0.3, 0.4) is 0 Å². The van der Waals surface area contributed by atoms with Gasteiger partial charge in [0.1, 0.15) is 24.4 Å². The lowest BCUT2D eigenvalue weighted by molar-refractivity contribution is -0.137. The maximum atomic E-state index is 10.3. The number of carboxylic acid groups (broad SMARTS) is 1. The Morgan fingerprint density at radius 1 is 0.688 bits per heavy atom. The molecule has 0 saturated heterocycles. The molecule has 0 aliphatic heterocycles. The number of hydrogen-bond donors (Lipinski definition) is 6. The van der Waals surface area contributed by atoms with E-state index in [2.05, 4.69) is 6.92 Å². The van der Waals surface area contributed by atoms with E-state index < -0.39 is 37.0 Å². The van der Waals surface area contributed by atoms with E-state index in [0.29, 0.717) is 6.42 Å². The van der Waals surface area contributed by atoms with Crippen molar-refractivity contribution in [1.82, 2.24) is 0 Å². The fraction of sp³-hybridized carbons (Fsp3) is 0.917. The normalized spacial score (nSPS) is 14.7. The molecule has 8 heteroatoms. The molecule has 0 rings (SSSR count). The Bertz CT molecular complexity index is 419. The van der Waals surface area contributed by atoms with Crippen LogP contribution in [0.25, 0.3) is 0 Å². The summed E-state index contributed by atoms with van der Waals surface area (Å²) in [6.45, 7) is 1.51. The number of aldehydes is 1. The Morgan fingerprint density at radius 3 is 1.38 bits per heavy atom. The summed E-state index contributed by atoms with van der Waals surface area (Å²) in [7, 11) is 0. The molecule has 0 fully saturated rings. The number of aliphatic hydroxyl groups is 5. The lowest BCUT2D eigenvalue weighted by atomic mass is 10.0. The maximum absolute atomic E-state index is 10.3. The van der Waals surface area contributed by atoms with Crippen molar-refractivity contribution in [2.75, 3.05) is 6.61 Å². The molecule has 4 unspecified atom stereocenters. The number of hydrogen-bond acceptors (Lipinski definition) is 7. The smallest absolute Gasteiger partial charge is 0.303 e. The van der Waals surface area contributed by atoms with Gasteiger partial charge in [-0.05, 0) is 6.42 Å². The van der Waals surface area contributed by atoms with Crippen molar-refractivity contribution in [3.63, 3.8) is 0 Å². The molecule has 0 saturated carbocycles. The number of aliphatic hydroxyl groups excluding tert-OH is 5. The highest BCUT2D eigenvalue weighted by atomic mass is 16.4. The van der Waals surface area contributed by atoms with Gasteiger partial charge in [0.2, 0.25) is 0 Å². The average Bonchev–Trinajstić information content (AvgIpc) is 2.79. The lowest BCUT2D eigenvalue weighted by Crippen LogP contribution is -2.46. The molecule has 0 aliphatic carbocycles. The van der Waals surface area contributed by atoms with Crippen molar-refractivity contribution in [2.24, 2.45) is 0 Å². The second-order valence-electron chi connectivity index (χ2n) is 8.45. The second-order valence-corrected chi connectivity index (χ2v) is 8.45. The molecule has 6 N–H and O–H groups in total. The number of rotatable bonds is 21. The van der Waals surface area contributed by atoms with Gasteiger partial charge in [-0.3, -0.25) is 4.79 Å². The first-order chi connectivity index (χ1) is 15.3. The van der Waals surface area contributed by atoms with Crippen LogP contribution in [-0.4, -0.2) is 73.9 Å². The lowest BCUT2D eigenvalue weighted by Gasteiger charge is -2.22. The van der Waals surface area contributed by atoms with E-state index >= 15 is 0 Å². The van der Waals surface area contributed by atoms with Crippen LogP contribution in [0.1, 0.15) is 110 Å². The predicted molar refractivity (Wildman–Crippen MR) is 124 cm³/mol. The van der Waals surface area contributed by atoms with Gasteiger partial charge in [0.15, 0.2) is 6.29 Å². The average molecular weight is 465 g/mol. The molecule has 0 radical (unpaired) electrons. The first kappa shape index (κ1) is 33.1. The van der Waals surface area contributed by atoms with Gasteiger partial charge >= 0.3 is 5.97 Å². The minimum Gasteiger partial charge on any atom is -0.481 e. The van der Waals surface area contributed by atoms with E-state index in [0.717, 1.165) is 12.8 Å². The van der Waals surface area contributed by atoms with Crippen LogP contribution in [0.4, 0.5) is 0 Å². The van der Waals surface area contributed by atoms with Gasteiger partial charge in [0, 0.05) is 6.42 Å². The molecule has 0 aromatic heterocycles. The second kappa shape index (κ2) is 24.6. The third kappa shape index (κ3) is 22.1. The van der Waals surface area contributed by atoms with Crippen molar-refractivity contribution in [2.45, 2.75) is 134 Å². The summed E-state index contributed by atoms with van der Waals surface area (Å²) in [5, 5.41) is 52.1. The molecule has 8 nitrogen and oxygen atoms in total. The van der Waals surface area contributed by atoms with Crippen LogP contribution in [0.15, 0.2) is 0 Å². The summed E-state index contributed by atoms with van der Waals surface area (Å²) < 4.78 is 0. The standard InChI is InChI=1S/C18H36O2.C6H12O6/c1-2-3-4-5-6-7-8-9-10-11-12-13-14-15-16-17-18(19)20;7-1-3(9)5(11)6(12)4(10)2-8/h2-17H2,1H3,(H,19,20);1,3-6,8-12H,2H2. The van der Waals surface area contributed by atoms with Crippen molar-refractivity contribution in [1.29, 1.82) is 0 Å². The van der Waals surface area contributed by atoms with Crippen LogP contribution in [0.2, 0.25) is 0 Å². The van der Waals surface area contributed by atoms with E-state index in [1.165, 1.54) is 83.5 Å². The molecule has 0 amide bonds. The molecule has 0 spiro atoms. The van der Waals surface area contributed by atoms with Gasteiger partial charge in [-0.15, -0.1) is 0 Å². The third-order valence-electron chi connectivity index (χ3n) is 5.41. The monoisotopic (exact) mass is 464 g/mol. The molecular weight excluding hydrogens is 416 g/mol. The zero-order valence-corrected chi connectivity index (χ0v) is 19.9. The first-order valence-electron chi connectivity index (χ1n) is 12.3.